The lowest BCUT2D eigenvalue weighted by Crippen LogP contribution is -2.42. The molecular formula is C10H14N2O2S. The molecule has 82 valence electrons. The lowest BCUT2D eigenvalue weighted by Gasteiger charge is -2.33. The smallest absolute Gasteiger partial charge is 0.182 e. The molecule has 1 heterocycles. The first-order valence-corrected chi connectivity index (χ1v) is 6.36. The lowest BCUT2D eigenvalue weighted by molar-refractivity contribution is 0.556. The van der Waals surface area contributed by atoms with Gasteiger partial charge in [0.25, 0.3) is 0 Å². The minimum Gasteiger partial charge on any atom is -0.399 e. The van der Waals surface area contributed by atoms with Crippen molar-refractivity contribution < 1.29 is 8.42 Å². The van der Waals surface area contributed by atoms with Crippen LogP contribution in [0.25, 0.3) is 0 Å². The zero-order valence-corrected chi connectivity index (χ0v) is 9.56. The number of nitrogens with two attached hydrogens (primary N) is 1. The highest BCUT2D eigenvalue weighted by molar-refractivity contribution is 7.91. The fraction of sp³-hybridized carbons (Fsp3) is 0.400. The van der Waals surface area contributed by atoms with E-state index in [0.29, 0.717) is 16.3 Å². The molecule has 0 radical (unpaired) electrons. The Morgan fingerprint density at radius 3 is 2.73 bits per heavy atom. The Labute approximate surface area is 89.4 Å². The van der Waals surface area contributed by atoms with E-state index in [1.54, 1.807) is 18.2 Å². The molecule has 0 fully saturated rings. The van der Waals surface area contributed by atoms with Gasteiger partial charge in [-0.3, -0.25) is 0 Å². The van der Waals surface area contributed by atoms with Crippen molar-refractivity contribution in [1.29, 1.82) is 0 Å². The van der Waals surface area contributed by atoms with Crippen molar-refractivity contribution in [2.45, 2.75) is 24.3 Å². The molecule has 0 unspecified atom stereocenters. The largest absolute Gasteiger partial charge is 0.399 e. The third-order valence-corrected chi connectivity index (χ3v) is 4.49. The van der Waals surface area contributed by atoms with Gasteiger partial charge in [0.1, 0.15) is 0 Å². The van der Waals surface area contributed by atoms with Gasteiger partial charge < -0.3 is 11.1 Å². The summed E-state index contributed by atoms with van der Waals surface area (Å²) in [4.78, 5) is 0.344. The highest BCUT2D eigenvalue weighted by Gasteiger charge is 2.34. The van der Waals surface area contributed by atoms with Crippen molar-refractivity contribution >= 4 is 21.2 Å². The SMILES string of the molecule is CC1(C)CS(=O)(=O)c2ccc(N)cc2N1. The number of fused-ring (bicyclic) bond motifs is 1. The van der Waals surface area contributed by atoms with Crippen LogP contribution in [0.15, 0.2) is 23.1 Å². The average Bonchev–Trinajstić information content (AvgIpc) is 1.97. The molecular weight excluding hydrogens is 212 g/mol. The third-order valence-electron chi connectivity index (χ3n) is 2.36. The molecule has 5 heteroatoms. The Balaban J connectivity index is 2.66. The first kappa shape index (κ1) is 10.3. The van der Waals surface area contributed by atoms with E-state index in [-0.39, 0.29) is 5.75 Å². The second-order valence-corrected chi connectivity index (χ2v) is 6.48. The molecule has 0 saturated carbocycles. The normalized spacial score (nSPS) is 21.5. The van der Waals surface area contributed by atoms with E-state index in [9.17, 15) is 8.42 Å². The molecule has 0 amide bonds. The molecule has 1 aliphatic heterocycles. The summed E-state index contributed by atoms with van der Waals surface area (Å²) in [5.74, 6) is 0.108. The summed E-state index contributed by atoms with van der Waals surface area (Å²) in [5, 5.41) is 3.17. The van der Waals surface area contributed by atoms with Crippen molar-refractivity contribution in [3.05, 3.63) is 18.2 Å². The van der Waals surface area contributed by atoms with E-state index in [1.165, 1.54) is 0 Å². The maximum atomic E-state index is 11.9. The number of anilines is 2. The monoisotopic (exact) mass is 226 g/mol. The Morgan fingerprint density at radius 2 is 2.07 bits per heavy atom. The summed E-state index contributed by atoms with van der Waals surface area (Å²) in [7, 11) is -3.18. The van der Waals surface area contributed by atoms with E-state index in [1.807, 2.05) is 13.8 Å². The van der Waals surface area contributed by atoms with Crippen LogP contribution >= 0.6 is 0 Å². The molecule has 3 N–H and O–H groups in total. The zero-order chi connectivity index (χ0) is 11.3. The van der Waals surface area contributed by atoms with Crippen LogP contribution in [-0.2, 0) is 9.84 Å². The summed E-state index contributed by atoms with van der Waals surface area (Å²) < 4.78 is 23.8. The summed E-state index contributed by atoms with van der Waals surface area (Å²) in [5.41, 5.74) is 6.35. The van der Waals surface area contributed by atoms with Crippen LogP contribution in [-0.4, -0.2) is 19.7 Å². The summed E-state index contributed by atoms with van der Waals surface area (Å²) in [6.07, 6.45) is 0. The highest BCUT2D eigenvalue weighted by atomic mass is 32.2. The molecule has 1 aliphatic rings. The quantitative estimate of drug-likeness (QED) is 0.653. The van der Waals surface area contributed by atoms with Crippen molar-refractivity contribution in [2.75, 3.05) is 16.8 Å². The van der Waals surface area contributed by atoms with Crippen molar-refractivity contribution in [2.24, 2.45) is 0 Å². The predicted octanol–water partition coefficient (Wildman–Crippen LogP) is 1.25. The van der Waals surface area contributed by atoms with Gasteiger partial charge in [-0.15, -0.1) is 0 Å². The molecule has 0 aliphatic carbocycles. The van der Waals surface area contributed by atoms with Crippen LogP contribution in [0.3, 0.4) is 0 Å². The van der Waals surface area contributed by atoms with Gasteiger partial charge >= 0.3 is 0 Å². The van der Waals surface area contributed by atoms with Crippen LogP contribution in [0.4, 0.5) is 11.4 Å². The molecule has 1 aromatic rings. The fourth-order valence-corrected chi connectivity index (χ4v) is 3.77. The van der Waals surface area contributed by atoms with Crippen molar-refractivity contribution in [3.63, 3.8) is 0 Å². The van der Waals surface area contributed by atoms with E-state index in [2.05, 4.69) is 5.32 Å². The molecule has 0 aromatic heterocycles. The summed E-state index contributed by atoms with van der Waals surface area (Å²) >= 11 is 0. The van der Waals surface area contributed by atoms with Gasteiger partial charge in [0, 0.05) is 11.2 Å². The third kappa shape index (κ3) is 1.79. The van der Waals surface area contributed by atoms with Gasteiger partial charge in [0.15, 0.2) is 9.84 Å². The molecule has 1 aromatic carbocycles. The van der Waals surface area contributed by atoms with Crippen LogP contribution in [0, 0.1) is 0 Å². The summed E-state index contributed by atoms with van der Waals surface area (Å²) in [6.45, 7) is 3.72. The number of hydrogen-bond donors (Lipinski definition) is 2. The molecule has 15 heavy (non-hydrogen) atoms. The predicted molar refractivity (Wildman–Crippen MR) is 60.6 cm³/mol. The second-order valence-electron chi connectivity index (χ2n) is 4.52. The maximum absolute atomic E-state index is 11.9. The van der Waals surface area contributed by atoms with Gasteiger partial charge in [-0.25, -0.2) is 8.42 Å². The number of nitrogens with one attached hydrogen (secondary N) is 1. The molecule has 4 nitrogen and oxygen atoms in total. The standard InChI is InChI=1S/C10H14N2O2S/c1-10(2)6-15(13,14)9-4-3-7(11)5-8(9)12-10/h3-5,12H,6,11H2,1-2H3. The molecule has 0 spiro atoms. The average molecular weight is 226 g/mol. The number of hydrogen-bond acceptors (Lipinski definition) is 4. The van der Waals surface area contributed by atoms with Crippen LogP contribution in [0.2, 0.25) is 0 Å². The van der Waals surface area contributed by atoms with Gasteiger partial charge in [0.2, 0.25) is 0 Å². The minimum atomic E-state index is -3.18. The van der Waals surface area contributed by atoms with Crippen molar-refractivity contribution in [1.82, 2.24) is 0 Å². The van der Waals surface area contributed by atoms with Gasteiger partial charge in [-0.2, -0.15) is 0 Å². The van der Waals surface area contributed by atoms with Gasteiger partial charge in [-0.1, -0.05) is 0 Å². The molecule has 0 atom stereocenters. The van der Waals surface area contributed by atoms with E-state index in [0.717, 1.165) is 0 Å². The fourth-order valence-electron chi connectivity index (χ4n) is 1.87. The van der Waals surface area contributed by atoms with E-state index >= 15 is 0 Å². The van der Waals surface area contributed by atoms with Gasteiger partial charge in [-0.05, 0) is 32.0 Å². The topological polar surface area (TPSA) is 72.2 Å². The second kappa shape index (κ2) is 2.88. The number of benzene rings is 1. The minimum absolute atomic E-state index is 0.108. The first-order chi connectivity index (χ1) is 6.80. The lowest BCUT2D eigenvalue weighted by atomic mass is 10.1. The Hall–Kier alpha value is -1.23. The zero-order valence-electron chi connectivity index (χ0n) is 8.74. The van der Waals surface area contributed by atoms with E-state index < -0.39 is 15.4 Å². The van der Waals surface area contributed by atoms with E-state index in [4.69, 9.17) is 5.73 Å². The first-order valence-electron chi connectivity index (χ1n) is 4.71. The van der Waals surface area contributed by atoms with Crippen LogP contribution in [0.1, 0.15) is 13.8 Å². The summed E-state index contributed by atoms with van der Waals surface area (Å²) in [6, 6.07) is 4.83. The van der Waals surface area contributed by atoms with Crippen LogP contribution < -0.4 is 11.1 Å². The highest BCUT2D eigenvalue weighted by Crippen LogP contribution is 2.33. The number of nitrogen functional groups attached to an aromatic ring is 1. The molecule has 2 rings (SSSR count). The van der Waals surface area contributed by atoms with Crippen molar-refractivity contribution in [3.8, 4) is 0 Å². The maximum Gasteiger partial charge on any atom is 0.182 e. The molecule has 0 saturated heterocycles. The Bertz CT molecular complexity index is 506. The van der Waals surface area contributed by atoms with Gasteiger partial charge in [0.05, 0.1) is 16.3 Å². The van der Waals surface area contributed by atoms with Crippen LogP contribution in [0.5, 0.6) is 0 Å². The Morgan fingerprint density at radius 1 is 1.40 bits per heavy atom. The number of rotatable bonds is 0. The number of sulfone groups is 1. The Kier molecular flexibility index (Phi) is 1.98. The molecule has 0 bridgehead atoms.